The molecule has 2 aromatic rings. The minimum absolute atomic E-state index is 0.541. The number of aryl methyl sites for hydroxylation is 2. The van der Waals surface area contributed by atoms with Crippen molar-refractivity contribution in [2.45, 2.75) is 27.7 Å². The van der Waals surface area contributed by atoms with Gasteiger partial charge in [-0.05, 0) is 56.0 Å². The first-order valence-corrected chi connectivity index (χ1v) is 5.93. The minimum Gasteiger partial charge on any atom is -0.496 e. The van der Waals surface area contributed by atoms with Crippen LogP contribution < -0.4 is 10.5 Å². The van der Waals surface area contributed by atoms with Gasteiger partial charge in [-0.1, -0.05) is 0 Å². The van der Waals surface area contributed by atoms with E-state index in [1.807, 2.05) is 13.8 Å². The van der Waals surface area contributed by atoms with Gasteiger partial charge in [0.2, 0.25) is 0 Å². The number of ether oxygens (including phenoxy) is 1. The summed E-state index contributed by atoms with van der Waals surface area (Å²) in [5, 5.41) is 6.98. The van der Waals surface area contributed by atoms with E-state index < -0.39 is 0 Å². The van der Waals surface area contributed by atoms with E-state index in [1.54, 1.807) is 7.11 Å². The molecule has 0 spiro atoms. The number of hydrogen-bond acceptors (Lipinski definition) is 3. The summed E-state index contributed by atoms with van der Waals surface area (Å²) in [5.41, 5.74) is 12.5. The monoisotopic (exact) mass is 245 g/mol. The zero-order valence-corrected chi connectivity index (χ0v) is 11.5. The number of nitrogen functional groups attached to an aromatic ring is 1. The molecule has 96 valence electrons. The van der Waals surface area contributed by atoms with Gasteiger partial charge in [0.25, 0.3) is 0 Å². The number of aromatic amines is 1. The van der Waals surface area contributed by atoms with E-state index >= 15 is 0 Å². The smallest absolute Gasteiger partial charge is 0.153 e. The summed E-state index contributed by atoms with van der Waals surface area (Å²) in [6.45, 7) is 8.17. The molecule has 1 heterocycles. The molecule has 1 aromatic carbocycles. The molecule has 3 N–H and O–H groups in total. The number of aromatic nitrogens is 2. The Morgan fingerprint density at radius 1 is 1.17 bits per heavy atom. The van der Waals surface area contributed by atoms with Crippen LogP contribution in [0, 0.1) is 27.7 Å². The predicted octanol–water partition coefficient (Wildman–Crippen LogP) is 2.90. The number of H-pyrrole nitrogens is 1. The molecule has 4 nitrogen and oxygen atoms in total. The van der Waals surface area contributed by atoms with Gasteiger partial charge in [0.05, 0.1) is 7.11 Å². The van der Waals surface area contributed by atoms with Gasteiger partial charge in [-0.25, -0.2) is 0 Å². The molecule has 2 rings (SSSR count). The van der Waals surface area contributed by atoms with Gasteiger partial charge in [-0.2, -0.15) is 5.10 Å². The number of methoxy groups -OCH3 is 1. The highest BCUT2D eigenvalue weighted by Crippen LogP contribution is 2.37. The van der Waals surface area contributed by atoms with Crippen molar-refractivity contribution in [2.75, 3.05) is 12.8 Å². The molecule has 0 aliphatic carbocycles. The van der Waals surface area contributed by atoms with Crippen molar-refractivity contribution in [3.63, 3.8) is 0 Å². The Labute approximate surface area is 107 Å². The molecule has 0 saturated heterocycles. The fraction of sp³-hybridized carbons (Fsp3) is 0.357. The quantitative estimate of drug-likeness (QED) is 0.855. The van der Waals surface area contributed by atoms with E-state index in [-0.39, 0.29) is 0 Å². The molecule has 0 fully saturated rings. The summed E-state index contributed by atoms with van der Waals surface area (Å²) < 4.78 is 5.43. The molecule has 0 bridgehead atoms. The normalized spacial score (nSPS) is 10.7. The standard InChI is InChI=1S/C14H19N3O/c1-7-6-11(8(2)9(3)13(7)18-5)12-10(4)16-17-14(12)15/h6H,1-5H3,(H3,15,16,17). The average molecular weight is 245 g/mol. The highest BCUT2D eigenvalue weighted by molar-refractivity contribution is 5.80. The Balaban J connectivity index is 2.74. The Bertz CT molecular complexity index is 580. The van der Waals surface area contributed by atoms with E-state index in [1.165, 1.54) is 5.56 Å². The lowest BCUT2D eigenvalue weighted by Gasteiger charge is -2.15. The molecule has 0 aliphatic rings. The zero-order valence-electron chi connectivity index (χ0n) is 11.5. The molecule has 0 aliphatic heterocycles. The third kappa shape index (κ3) is 1.74. The highest BCUT2D eigenvalue weighted by atomic mass is 16.5. The maximum absolute atomic E-state index is 5.94. The van der Waals surface area contributed by atoms with Crippen molar-refractivity contribution >= 4 is 5.82 Å². The highest BCUT2D eigenvalue weighted by Gasteiger charge is 2.16. The first-order chi connectivity index (χ1) is 8.47. The topological polar surface area (TPSA) is 63.9 Å². The van der Waals surface area contributed by atoms with Crippen molar-refractivity contribution in [2.24, 2.45) is 0 Å². The fourth-order valence-corrected chi connectivity index (χ4v) is 2.42. The van der Waals surface area contributed by atoms with Crippen molar-refractivity contribution < 1.29 is 4.74 Å². The lowest BCUT2D eigenvalue weighted by molar-refractivity contribution is 0.408. The minimum atomic E-state index is 0.541. The summed E-state index contributed by atoms with van der Waals surface area (Å²) >= 11 is 0. The number of anilines is 1. The maximum atomic E-state index is 5.94. The first kappa shape index (κ1) is 12.5. The number of rotatable bonds is 2. The molecule has 0 saturated carbocycles. The summed E-state index contributed by atoms with van der Waals surface area (Å²) in [6, 6.07) is 2.11. The van der Waals surface area contributed by atoms with Crippen LogP contribution in [0.5, 0.6) is 5.75 Å². The van der Waals surface area contributed by atoms with Crippen LogP contribution in [0.25, 0.3) is 11.1 Å². The molecule has 0 atom stereocenters. The number of nitrogens with two attached hydrogens (primary N) is 1. The van der Waals surface area contributed by atoms with Crippen LogP contribution in [0.15, 0.2) is 6.07 Å². The predicted molar refractivity (Wildman–Crippen MR) is 73.9 cm³/mol. The van der Waals surface area contributed by atoms with E-state index in [4.69, 9.17) is 10.5 Å². The van der Waals surface area contributed by atoms with Crippen LogP contribution in [0.1, 0.15) is 22.4 Å². The molecule has 0 radical (unpaired) electrons. The van der Waals surface area contributed by atoms with Crippen LogP contribution in [0.3, 0.4) is 0 Å². The van der Waals surface area contributed by atoms with Crippen LogP contribution >= 0.6 is 0 Å². The summed E-state index contributed by atoms with van der Waals surface area (Å²) in [6.07, 6.45) is 0. The Morgan fingerprint density at radius 2 is 1.83 bits per heavy atom. The third-order valence-corrected chi connectivity index (χ3v) is 3.47. The zero-order chi connectivity index (χ0) is 13.4. The van der Waals surface area contributed by atoms with Crippen LogP contribution in [0.4, 0.5) is 5.82 Å². The summed E-state index contributed by atoms with van der Waals surface area (Å²) in [7, 11) is 1.70. The molecule has 4 heteroatoms. The molecule has 0 amide bonds. The molecular formula is C14H19N3O. The first-order valence-electron chi connectivity index (χ1n) is 5.93. The molecular weight excluding hydrogens is 226 g/mol. The van der Waals surface area contributed by atoms with Gasteiger partial charge in [-0.15, -0.1) is 0 Å². The van der Waals surface area contributed by atoms with Gasteiger partial charge in [0.1, 0.15) is 5.75 Å². The third-order valence-electron chi connectivity index (χ3n) is 3.47. The number of benzene rings is 1. The second-order valence-electron chi connectivity index (χ2n) is 4.63. The Kier molecular flexibility index (Phi) is 3.03. The second kappa shape index (κ2) is 4.37. The van der Waals surface area contributed by atoms with Crippen molar-refractivity contribution in [3.05, 3.63) is 28.5 Å². The maximum Gasteiger partial charge on any atom is 0.153 e. The van der Waals surface area contributed by atoms with E-state index in [2.05, 4.69) is 30.1 Å². The van der Waals surface area contributed by atoms with Crippen molar-refractivity contribution in [3.8, 4) is 16.9 Å². The summed E-state index contributed by atoms with van der Waals surface area (Å²) in [5.74, 6) is 1.48. The largest absolute Gasteiger partial charge is 0.496 e. The Hall–Kier alpha value is -1.97. The van der Waals surface area contributed by atoms with Crippen LogP contribution in [-0.2, 0) is 0 Å². The Morgan fingerprint density at radius 3 is 2.33 bits per heavy atom. The van der Waals surface area contributed by atoms with Crippen LogP contribution in [0.2, 0.25) is 0 Å². The lowest BCUT2D eigenvalue weighted by Crippen LogP contribution is -1.98. The van der Waals surface area contributed by atoms with Crippen LogP contribution in [-0.4, -0.2) is 17.3 Å². The van der Waals surface area contributed by atoms with Crippen molar-refractivity contribution in [1.29, 1.82) is 0 Å². The molecule has 1 aromatic heterocycles. The number of hydrogen-bond donors (Lipinski definition) is 2. The molecule has 18 heavy (non-hydrogen) atoms. The average Bonchev–Trinajstić information content (AvgIpc) is 2.65. The van der Waals surface area contributed by atoms with E-state index in [0.29, 0.717) is 5.82 Å². The number of nitrogens with zero attached hydrogens (tertiary/aromatic N) is 1. The van der Waals surface area contributed by atoms with Gasteiger partial charge in [0, 0.05) is 11.3 Å². The number of nitrogens with one attached hydrogen (secondary N) is 1. The van der Waals surface area contributed by atoms with Gasteiger partial charge in [0.15, 0.2) is 5.82 Å². The van der Waals surface area contributed by atoms with E-state index in [9.17, 15) is 0 Å². The lowest BCUT2D eigenvalue weighted by atomic mass is 9.93. The van der Waals surface area contributed by atoms with Crippen molar-refractivity contribution in [1.82, 2.24) is 10.2 Å². The fourth-order valence-electron chi connectivity index (χ4n) is 2.42. The van der Waals surface area contributed by atoms with Gasteiger partial charge >= 0.3 is 0 Å². The second-order valence-corrected chi connectivity index (χ2v) is 4.63. The van der Waals surface area contributed by atoms with Gasteiger partial charge < -0.3 is 10.5 Å². The SMILES string of the molecule is COc1c(C)cc(-c2c(N)n[nH]c2C)c(C)c1C. The van der Waals surface area contributed by atoms with Gasteiger partial charge in [-0.3, -0.25) is 5.10 Å². The van der Waals surface area contributed by atoms with E-state index in [0.717, 1.165) is 33.7 Å². The summed E-state index contributed by atoms with van der Waals surface area (Å²) in [4.78, 5) is 0. The molecule has 0 unspecified atom stereocenters.